The van der Waals surface area contributed by atoms with Gasteiger partial charge in [-0.2, -0.15) is 5.26 Å². The van der Waals surface area contributed by atoms with E-state index in [0.29, 0.717) is 27.0 Å². The lowest BCUT2D eigenvalue weighted by molar-refractivity contribution is -0.114. The lowest BCUT2D eigenvalue weighted by atomic mass is 10.2. The van der Waals surface area contributed by atoms with Crippen molar-refractivity contribution in [3.8, 4) is 6.07 Å². The Balaban J connectivity index is 2.00. The van der Waals surface area contributed by atoms with Gasteiger partial charge in [0.1, 0.15) is 6.07 Å². The highest BCUT2D eigenvalue weighted by molar-refractivity contribution is 6.35. The molecule has 0 aliphatic rings. The minimum absolute atomic E-state index is 0.0137. The second-order valence-electron chi connectivity index (χ2n) is 4.18. The molecule has 0 spiro atoms. The Labute approximate surface area is 132 Å². The van der Waals surface area contributed by atoms with Crippen molar-refractivity contribution in [3.05, 3.63) is 58.1 Å². The third-order valence-electron chi connectivity index (χ3n) is 2.69. The molecule has 21 heavy (non-hydrogen) atoms. The van der Waals surface area contributed by atoms with Crippen LogP contribution < -0.4 is 10.6 Å². The molecule has 2 N–H and O–H groups in total. The summed E-state index contributed by atoms with van der Waals surface area (Å²) in [5.41, 5.74) is 1.46. The van der Waals surface area contributed by atoms with Crippen LogP contribution in [-0.4, -0.2) is 12.5 Å². The fourth-order valence-corrected chi connectivity index (χ4v) is 2.05. The molecule has 0 bridgehead atoms. The van der Waals surface area contributed by atoms with Gasteiger partial charge < -0.3 is 10.6 Å². The van der Waals surface area contributed by atoms with Gasteiger partial charge in [0.2, 0.25) is 5.91 Å². The van der Waals surface area contributed by atoms with Crippen molar-refractivity contribution >= 4 is 40.5 Å². The molecule has 0 radical (unpaired) electrons. The zero-order valence-corrected chi connectivity index (χ0v) is 12.4. The number of rotatable bonds is 4. The van der Waals surface area contributed by atoms with Crippen molar-refractivity contribution in [2.75, 3.05) is 17.2 Å². The number of hydrogen-bond acceptors (Lipinski definition) is 3. The summed E-state index contributed by atoms with van der Waals surface area (Å²) in [6, 6.07) is 13.8. The highest BCUT2D eigenvalue weighted by Gasteiger charge is 2.07. The summed E-state index contributed by atoms with van der Waals surface area (Å²) >= 11 is 11.9. The molecule has 0 saturated carbocycles. The molecule has 0 atom stereocenters. The Morgan fingerprint density at radius 2 is 1.90 bits per heavy atom. The number of para-hydroxylation sites is 1. The zero-order chi connectivity index (χ0) is 15.2. The fourth-order valence-electron chi connectivity index (χ4n) is 1.69. The van der Waals surface area contributed by atoms with Crippen LogP contribution in [-0.2, 0) is 4.79 Å². The van der Waals surface area contributed by atoms with E-state index in [2.05, 4.69) is 10.6 Å². The van der Waals surface area contributed by atoms with Gasteiger partial charge in [-0.1, -0.05) is 35.3 Å². The molecule has 2 aromatic carbocycles. The monoisotopic (exact) mass is 319 g/mol. The maximum atomic E-state index is 11.9. The van der Waals surface area contributed by atoms with Crippen LogP contribution >= 0.6 is 23.2 Å². The van der Waals surface area contributed by atoms with Gasteiger partial charge in [0.05, 0.1) is 28.5 Å². The maximum Gasteiger partial charge on any atom is 0.243 e. The van der Waals surface area contributed by atoms with E-state index in [4.69, 9.17) is 28.5 Å². The summed E-state index contributed by atoms with van der Waals surface area (Å²) in [6.07, 6.45) is 0. The van der Waals surface area contributed by atoms with Crippen molar-refractivity contribution in [1.82, 2.24) is 0 Å². The molecule has 0 fully saturated rings. The van der Waals surface area contributed by atoms with Crippen LogP contribution in [0.5, 0.6) is 0 Å². The summed E-state index contributed by atoms with van der Waals surface area (Å²) in [6.45, 7) is 0.0137. The number of halogens is 2. The van der Waals surface area contributed by atoms with Crippen molar-refractivity contribution in [2.45, 2.75) is 0 Å². The van der Waals surface area contributed by atoms with Gasteiger partial charge >= 0.3 is 0 Å². The molecule has 0 saturated heterocycles. The van der Waals surface area contributed by atoms with Gasteiger partial charge in [-0.25, -0.2) is 0 Å². The number of nitriles is 1. The van der Waals surface area contributed by atoms with Crippen LogP contribution in [0.3, 0.4) is 0 Å². The second kappa shape index (κ2) is 6.98. The number of carbonyl (C=O) groups is 1. The van der Waals surface area contributed by atoms with E-state index in [-0.39, 0.29) is 12.5 Å². The van der Waals surface area contributed by atoms with Crippen molar-refractivity contribution in [3.63, 3.8) is 0 Å². The lowest BCUT2D eigenvalue weighted by Gasteiger charge is -2.10. The third-order valence-corrected chi connectivity index (χ3v) is 3.25. The first-order valence-electron chi connectivity index (χ1n) is 6.08. The van der Waals surface area contributed by atoms with E-state index in [1.165, 1.54) is 0 Å². The second-order valence-corrected chi connectivity index (χ2v) is 5.03. The zero-order valence-electron chi connectivity index (χ0n) is 10.9. The number of nitrogens with one attached hydrogen (secondary N) is 2. The third kappa shape index (κ3) is 4.12. The van der Waals surface area contributed by atoms with E-state index in [1.54, 1.807) is 42.5 Å². The molecular formula is C15H11Cl2N3O. The Bertz CT molecular complexity index is 710. The normalized spacial score (nSPS) is 9.76. The molecule has 106 valence electrons. The van der Waals surface area contributed by atoms with E-state index < -0.39 is 0 Å². The summed E-state index contributed by atoms with van der Waals surface area (Å²) in [4.78, 5) is 11.9. The Morgan fingerprint density at radius 1 is 1.14 bits per heavy atom. The number of nitrogens with zero attached hydrogens (tertiary/aromatic N) is 1. The number of anilines is 2. The molecule has 2 rings (SSSR count). The average Bonchev–Trinajstić information content (AvgIpc) is 2.49. The highest BCUT2D eigenvalue weighted by Crippen LogP contribution is 2.25. The van der Waals surface area contributed by atoms with E-state index >= 15 is 0 Å². The van der Waals surface area contributed by atoms with Crippen LogP contribution in [0.4, 0.5) is 11.4 Å². The maximum absolute atomic E-state index is 11.9. The van der Waals surface area contributed by atoms with Crippen LogP contribution in [0.15, 0.2) is 42.5 Å². The Hall–Kier alpha value is -2.22. The predicted molar refractivity (Wildman–Crippen MR) is 84.7 cm³/mol. The molecule has 0 unspecified atom stereocenters. The molecular weight excluding hydrogens is 309 g/mol. The van der Waals surface area contributed by atoms with Crippen molar-refractivity contribution in [1.29, 1.82) is 5.26 Å². The van der Waals surface area contributed by atoms with Gasteiger partial charge in [-0.3, -0.25) is 4.79 Å². The topological polar surface area (TPSA) is 64.9 Å². The number of amides is 1. The van der Waals surface area contributed by atoms with Crippen LogP contribution in [0.2, 0.25) is 10.0 Å². The summed E-state index contributed by atoms with van der Waals surface area (Å²) < 4.78 is 0. The first-order chi connectivity index (χ1) is 10.1. The van der Waals surface area contributed by atoms with Gasteiger partial charge in [-0.15, -0.1) is 0 Å². The van der Waals surface area contributed by atoms with Crippen LogP contribution in [0.1, 0.15) is 5.56 Å². The van der Waals surface area contributed by atoms with E-state index in [9.17, 15) is 4.79 Å². The first kappa shape index (κ1) is 15.2. The predicted octanol–water partition coefficient (Wildman–Crippen LogP) is 3.92. The molecule has 0 aromatic heterocycles. The smallest absolute Gasteiger partial charge is 0.243 e. The van der Waals surface area contributed by atoms with Gasteiger partial charge in [0, 0.05) is 5.02 Å². The minimum Gasteiger partial charge on any atom is -0.375 e. The first-order valence-corrected chi connectivity index (χ1v) is 6.83. The number of carbonyl (C=O) groups excluding carboxylic acids is 1. The van der Waals surface area contributed by atoms with Gasteiger partial charge in [-0.05, 0) is 30.3 Å². The Kier molecular flexibility index (Phi) is 5.04. The van der Waals surface area contributed by atoms with Crippen molar-refractivity contribution < 1.29 is 4.79 Å². The molecule has 4 nitrogen and oxygen atoms in total. The van der Waals surface area contributed by atoms with Crippen LogP contribution in [0, 0.1) is 11.3 Å². The van der Waals surface area contributed by atoms with E-state index in [1.807, 2.05) is 6.07 Å². The number of benzene rings is 2. The average molecular weight is 320 g/mol. The van der Waals surface area contributed by atoms with Gasteiger partial charge in [0.25, 0.3) is 0 Å². The molecule has 6 heteroatoms. The number of hydrogen-bond donors (Lipinski definition) is 2. The molecule has 2 aromatic rings. The standard InChI is InChI=1S/C15H11Cl2N3O/c16-11-5-6-12(17)14(7-11)19-9-15(21)20-13-4-2-1-3-10(13)8-18/h1-7,19H,9H2,(H,20,21). The van der Waals surface area contributed by atoms with Crippen LogP contribution in [0.25, 0.3) is 0 Å². The van der Waals surface area contributed by atoms with Gasteiger partial charge in [0.15, 0.2) is 0 Å². The highest BCUT2D eigenvalue weighted by atomic mass is 35.5. The molecule has 0 aliphatic heterocycles. The fraction of sp³-hybridized carbons (Fsp3) is 0.0667. The summed E-state index contributed by atoms with van der Waals surface area (Å²) in [5, 5.41) is 15.5. The molecule has 0 aliphatic carbocycles. The minimum atomic E-state index is -0.284. The molecule has 1 amide bonds. The lowest BCUT2D eigenvalue weighted by Crippen LogP contribution is -2.22. The molecule has 0 heterocycles. The SMILES string of the molecule is N#Cc1ccccc1NC(=O)CNc1cc(Cl)ccc1Cl. The Morgan fingerprint density at radius 3 is 2.67 bits per heavy atom. The summed E-state index contributed by atoms with van der Waals surface area (Å²) in [7, 11) is 0. The van der Waals surface area contributed by atoms with E-state index in [0.717, 1.165) is 0 Å². The van der Waals surface area contributed by atoms with Crippen molar-refractivity contribution in [2.24, 2.45) is 0 Å². The summed E-state index contributed by atoms with van der Waals surface area (Å²) in [5.74, 6) is -0.284. The quantitative estimate of drug-likeness (QED) is 0.897. The largest absolute Gasteiger partial charge is 0.375 e.